The second-order valence-corrected chi connectivity index (χ2v) is 10.3. The molecule has 3 aromatic carbocycles. The highest BCUT2D eigenvalue weighted by Gasteiger charge is 2.18. The zero-order valence-corrected chi connectivity index (χ0v) is 23.3. The van der Waals surface area contributed by atoms with Crippen LogP contribution in [0.5, 0.6) is 5.75 Å². The second kappa shape index (κ2) is 12.8. The molecule has 5 nitrogen and oxygen atoms in total. The maximum absolute atomic E-state index is 10.5. The Morgan fingerprint density at radius 3 is 1.79 bits per heavy atom. The van der Waals surface area contributed by atoms with E-state index >= 15 is 0 Å². The Balaban J connectivity index is 1.73. The van der Waals surface area contributed by atoms with Gasteiger partial charge in [-0.05, 0) is 57.4 Å². The fraction of sp³-hybridized carbons (Fsp3) is 0.364. The van der Waals surface area contributed by atoms with Crippen molar-refractivity contribution in [2.75, 3.05) is 6.61 Å². The normalized spacial score (nSPS) is 11.9. The molecular weight excluding hydrogens is 470 g/mol. The molecule has 4 rings (SSSR count). The molecule has 0 aliphatic carbocycles. The van der Waals surface area contributed by atoms with E-state index in [2.05, 4.69) is 71.0 Å². The molecule has 0 aliphatic heterocycles. The fourth-order valence-electron chi connectivity index (χ4n) is 4.72. The Hall–Kier alpha value is -3.57. The summed E-state index contributed by atoms with van der Waals surface area (Å²) < 4.78 is 6.13. The Morgan fingerprint density at radius 2 is 1.24 bits per heavy atom. The fourth-order valence-corrected chi connectivity index (χ4v) is 4.72. The number of unbranched alkanes of at least 4 members (excludes halogenated alkanes) is 3. The summed E-state index contributed by atoms with van der Waals surface area (Å²) in [6, 6.07) is 20.4. The first-order chi connectivity index (χ1) is 18.4. The molecule has 0 fully saturated rings. The van der Waals surface area contributed by atoms with Crippen LogP contribution in [0.1, 0.15) is 61.3 Å². The summed E-state index contributed by atoms with van der Waals surface area (Å²) in [4.78, 5) is 14.8. The SMILES string of the molecule is CCCCCCC(O)COc1ccccc1-c1nc(-c2ccc(C)cc2C)nc(-c2ccc(C)cc2C)n1. The molecule has 1 unspecified atom stereocenters. The van der Waals surface area contributed by atoms with Gasteiger partial charge in [-0.15, -0.1) is 0 Å². The number of nitrogens with zero attached hydrogens (tertiary/aromatic N) is 3. The molecule has 0 radical (unpaired) electrons. The third kappa shape index (κ3) is 6.84. The van der Waals surface area contributed by atoms with Crippen LogP contribution in [0, 0.1) is 27.7 Å². The lowest BCUT2D eigenvalue weighted by Crippen LogP contribution is -2.17. The number of hydrogen-bond donors (Lipinski definition) is 1. The van der Waals surface area contributed by atoms with Gasteiger partial charge in [0, 0.05) is 11.1 Å². The van der Waals surface area contributed by atoms with Crippen molar-refractivity contribution in [1.82, 2.24) is 15.0 Å². The third-order valence-electron chi connectivity index (χ3n) is 6.83. The van der Waals surface area contributed by atoms with Gasteiger partial charge in [0.25, 0.3) is 0 Å². The Labute approximate surface area is 227 Å². The molecule has 0 amide bonds. The number of para-hydroxylation sites is 1. The van der Waals surface area contributed by atoms with Crippen LogP contribution in [-0.4, -0.2) is 32.8 Å². The van der Waals surface area contributed by atoms with Crippen LogP contribution in [0.25, 0.3) is 34.2 Å². The van der Waals surface area contributed by atoms with Gasteiger partial charge in [0.1, 0.15) is 12.4 Å². The Kier molecular flexibility index (Phi) is 9.24. The summed E-state index contributed by atoms with van der Waals surface area (Å²) in [6.45, 7) is 10.8. The smallest absolute Gasteiger partial charge is 0.167 e. The van der Waals surface area contributed by atoms with E-state index in [1.54, 1.807) is 0 Å². The molecule has 0 aliphatic rings. The molecule has 1 N–H and O–H groups in total. The van der Waals surface area contributed by atoms with E-state index in [-0.39, 0.29) is 6.61 Å². The number of ether oxygens (including phenoxy) is 1. The van der Waals surface area contributed by atoms with Crippen LogP contribution >= 0.6 is 0 Å². The number of benzene rings is 3. The summed E-state index contributed by atoms with van der Waals surface area (Å²) in [5, 5.41) is 10.5. The van der Waals surface area contributed by atoms with Crippen molar-refractivity contribution in [2.45, 2.75) is 72.8 Å². The molecule has 0 spiro atoms. The minimum atomic E-state index is -0.505. The number of aliphatic hydroxyl groups excluding tert-OH is 1. The van der Waals surface area contributed by atoms with Gasteiger partial charge in [0.05, 0.1) is 11.7 Å². The molecule has 4 aromatic rings. The largest absolute Gasteiger partial charge is 0.490 e. The van der Waals surface area contributed by atoms with Gasteiger partial charge >= 0.3 is 0 Å². The molecule has 0 saturated heterocycles. The molecule has 5 heteroatoms. The van der Waals surface area contributed by atoms with E-state index in [1.807, 2.05) is 24.3 Å². The maximum atomic E-state index is 10.5. The zero-order chi connectivity index (χ0) is 27.1. The van der Waals surface area contributed by atoms with Crippen molar-refractivity contribution in [3.05, 3.63) is 82.9 Å². The van der Waals surface area contributed by atoms with E-state index in [1.165, 1.54) is 24.0 Å². The quantitative estimate of drug-likeness (QED) is 0.209. The van der Waals surface area contributed by atoms with Crippen molar-refractivity contribution in [3.63, 3.8) is 0 Å². The third-order valence-corrected chi connectivity index (χ3v) is 6.83. The minimum absolute atomic E-state index is 0.238. The zero-order valence-electron chi connectivity index (χ0n) is 23.3. The monoisotopic (exact) mass is 509 g/mol. The number of hydrogen-bond acceptors (Lipinski definition) is 5. The summed E-state index contributed by atoms with van der Waals surface area (Å²) in [5.74, 6) is 2.48. The number of aliphatic hydroxyl groups is 1. The van der Waals surface area contributed by atoms with E-state index < -0.39 is 6.10 Å². The number of aromatic nitrogens is 3. The van der Waals surface area contributed by atoms with Gasteiger partial charge in [0.15, 0.2) is 17.5 Å². The van der Waals surface area contributed by atoms with Crippen LogP contribution in [0.15, 0.2) is 60.7 Å². The average molecular weight is 510 g/mol. The van der Waals surface area contributed by atoms with Gasteiger partial charge in [-0.25, -0.2) is 15.0 Å². The van der Waals surface area contributed by atoms with E-state index in [9.17, 15) is 5.11 Å². The minimum Gasteiger partial charge on any atom is -0.490 e. The van der Waals surface area contributed by atoms with Crippen molar-refractivity contribution in [1.29, 1.82) is 0 Å². The van der Waals surface area contributed by atoms with Gasteiger partial charge < -0.3 is 9.84 Å². The molecule has 0 saturated carbocycles. The average Bonchev–Trinajstić information content (AvgIpc) is 2.90. The first-order valence-corrected chi connectivity index (χ1v) is 13.7. The first-order valence-electron chi connectivity index (χ1n) is 13.7. The van der Waals surface area contributed by atoms with Gasteiger partial charge in [-0.2, -0.15) is 0 Å². The molecule has 1 aromatic heterocycles. The summed E-state index contributed by atoms with van der Waals surface area (Å²) in [6.07, 6.45) is 4.75. The predicted molar refractivity (Wildman–Crippen MR) is 155 cm³/mol. The van der Waals surface area contributed by atoms with Gasteiger partial charge in [0.2, 0.25) is 0 Å². The summed E-state index contributed by atoms with van der Waals surface area (Å²) in [5.41, 5.74) is 7.36. The predicted octanol–water partition coefficient (Wildman–Crippen LogP) is 7.82. The summed E-state index contributed by atoms with van der Waals surface area (Å²) >= 11 is 0. The van der Waals surface area contributed by atoms with Crippen molar-refractivity contribution < 1.29 is 9.84 Å². The highest BCUT2D eigenvalue weighted by molar-refractivity contribution is 5.72. The Morgan fingerprint density at radius 1 is 0.684 bits per heavy atom. The standard InChI is InChI=1S/C33H39N3O2/c1-6-7-8-9-12-26(37)21-38-30-14-11-10-13-29(30)33-35-31(27-17-15-22(2)19-24(27)4)34-32(36-33)28-18-16-23(3)20-25(28)5/h10-11,13-20,26,37H,6-9,12,21H2,1-5H3. The molecule has 1 heterocycles. The van der Waals surface area contributed by atoms with E-state index in [0.29, 0.717) is 23.2 Å². The second-order valence-electron chi connectivity index (χ2n) is 10.3. The topological polar surface area (TPSA) is 68.1 Å². The van der Waals surface area contributed by atoms with E-state index in [0.717, 1.165) is 47.1 Å². The molecular formula is C33H39N3O2. The highest BCUT2D eigenvalue weighted by Crippen LogP contribution is 2.32. The van der Waals surface area contributed by atoms with Gasteiger partial charge in [-0.1, -0.05) is 92.3 Å². The lowest BCUT2D eigenvalue weighted by molar-refractivity contribution is 0.0978. The number of aryl methyl sites for hydroxylation is 4. The Bertz CT molecular complexity index is 1310. The summed E-state index contributed by atoms with van der Waals surface area (Å²) in [7, 11) is 0. The lowest BCUT2D eigenvalue weighted by Gasteiger charge is -2.16. The molecule has 0 bridgehead atoms. The van der Waals surface area contributed by atoms with Crippen LogP contribution < -0.4 is 4.74 Å². The van der Waals surface area contributed by atoms with Crippen molar-refractivity contribution >= 4 is 0 Å². The molecule has 1 atom stereocenters. The van der Waals surface area contributed by atoms with Crippen LogP contribution in [0.3, 0.4) is 0 Å². The van der Waals surface area contributed by atoms with E-state index in [4.69, 9.17) is 19.7 Å². The number of rotatable bonds is 11. The maximum Gasteiger partial charge on any atom is 0.167 e. The van der Waals surface area contributed by atoms with Crippen molar-refractivity contribution in [2.24, 2.45) is 0 Å². The first kappa shape index (κ1) is 27.5. The molecule has 198 valence electrons. The van der Waals surface area contributed by atoms with Gasteiger partial charge in [-0.3, -0.25) is 0 Å². The van der Waals surface area contributed by atoms with Crippen LogP contribution in [0.2, 0.25) is 0 Å². The van der Waals surface area contributed by atoms with Crippen LogP contribution in [0.4, 0.5) is 0 Å². The van der Waals surface area contributed by atoms with Crippen LogP contribution in [-0.2, 0) is 0 Å². The van der Waals surface area contributed by atoms with Crippen molar-refractivity contribution in [3.8, 4) is 39.9 Å². The highest BCUT2D eigenvalue weighted by atomic mass is 16.5. The molecule has 38 heavy (non-hydrogen) atoms. The lowest BCUT2D eigenvalue weighted by atomic mass is 10.0.